The van der Waals surface area contributed by atoms with E-state index in [1.165, 1.54) is 0 Å². The van der Waals surface area contributed by atoms with Crippen LogP contribution >= 0.6 is 0 Å². The molecular weight excluding hydrogens is 317 g/mol. The fourth-order valence-electron chi connectivity index (χ4n) is 0. The van der Waals surface area contributed by atoms with Gasteiger partial charge in [-0.3, -0.25) is 0 Å². The van der Waals surface area contributed by atoms with Gasteiger partial charge >= 0.3 is 174 Å². The Bertz CT molecular complexity index is 8.00. The van der Waals surface area contributed by atoms with Crippen LogP contribution in [0.15, 0.2) is 0 Å². The van der Waals surface area contributed by atoms with Gasteiger partial charge in [-0.2, -0.15) is 0 Å². The quantitative estimate of drug-likeness (QED) is 0.389. The van der Waals surface area contributed by atoms with Gasteiger partial charge in [-0.1, -0.05) is 0 Å². The molecule has 0 aliphatic rings. The first-order chi connectivity index (χ1) is 0. The average molecular weight is 323 g/mol. The molecule has 0 spiro atoms. The van der Waals surface area contributed by atoms with E-state index < -0.39 is 0 Å². The van der Waals surface area contributed by atoms with Gasteiger partial charge in [0.25, 0.3) is 0 Å². The topological polar surface area (TPSA) is 0 Å². The van der Waals surface area contributed by atoms with Crippen LogP contribution in [0.2, 0.25) is 0 Å². The molecule has 0 aliphatic heterocycles. The Kier molecular flexibility index (Phi) is 89.7. The summed E-state index contributed by atoms with van der Waals surface area (Å²) < 4.78 is 0. The molecule has 4 heavy (non-hydrogen) atoms. The van der Waals surface area contributed by atoms with E-state index in [1.54, 1.807) is 0 Å². The van der Waals surface area contributed by atoms with Crippen LogP contribution in [0.1, 0.15) is 0 Å². The van der Waals surface area contributed by atoms with Gasteiger partial charge in [-0.25, -0.2) is 0 Å². The molecule has 0 nitrogen and oxygen atoms in total. The van der Waals surface area contributed by atoms with E-state index in [-0.39, 0.29) is 174 Å². The summed E-state index contributed by atoms with van der Waals surface area (Å²) in [6.07, 6.45) is 0. The first-order valence-corrected chi connectivity index (χ1v) is 0. The summed E-state index contributed by atoms with van der Waals surface area (Å²) in [4.78, 5) is 0. The monoisotopic (exact) mass is 322 g/mol. The van der Waals surface area contributed by atoms with Crippen molar-refractivity contribution in [3.8, 4) is 0 Å². The zero-order valence-corrected chi connectivity index (χ0v) is 14.4. The molecule has 0 aromatic rings. The van der Waals surface area contributed by atoms with Crippen molar-refractivity contribution in [1.82, 2.24) is 0 Å². The third kappa shape index (κ3) is 10.5. The van der Waals surface area contributed by atoms with Crippen molar-refractivity contribution >= 4 is 24.4 Å². The molecule has 0 aromatic carbocycles. The van der Waals surface area contributed by atoms with Crippen molar-refractivity contribution in [2.24, 2.45) is 0 Å². The van der Waals surface area contributed by atoms with Crippen molar-refractivity contribution in [3.63, 3.8) is 0 Å². The van der Waals surface area contributed by atoms with Gasteiger partial charge < -0.3 is 0 Å². The Morgan fingerprint density at radius 2 is 1.00 bits per heavy atom. The number of rotatable bonds is 0. The van der Waals surface area contributed by atoms with Crippen LogP contribution in [0.3, 0.4) is 0 Å². The molecule has 0 radical (unpaired) electrons. The van der Waals surface area contributed by atoms with Crippen LogP contribution in [-0.2, 0) is 0 Å². The summed E-state index contributed by atoms with van der Waals surface area (Å²) in [5, 5.41) is 0. The molecule has 0 rings (SSSR count). The molecule has 0 unspecified atom stereocenters. The van der Waals surface area contributed by atoms with E-state index in [1.807, 2.05) is 0 Å². The van der Waals surface area contributed by atoms with Crippen molar-refractivity contribution in [2.75, 3.05) is 0 Å². The second-order valence-electron chi connectivity index (χ2n) is 0. The maximum absolute atomic E-state index is 0. The van der Waals surface area contributed by atoms with Gasteiger partial charge in [-0.15, -0.1) is 0 Å². The SMILES string of the molecule is [Cs+].[K+].[Na+].[SbH6-3]. The summed E-state index contributed by atoms with van der Waals surface area (Å²) in [5.74, 6) is 0. The second-order valence-corrected chi connectivity index (χ2v) is 0. The zero-order valence-electron chi connectivity index (χ0n) is 3.00. The second kappa shape index (κ2) is 15.8. The van der Waals surface area contributed by atoms with Crippen molar-refractivity contribution in [1.29, 1.82) is 0 Å². The van der Waals surface area contributed by atoms with Crippen LogP contribution in [0.4, 0.5) is 0 Å². The van der Waals surface area contributed by atoms with Crippen LogP contribution in [0.25, 0.3) is 0 Å². The Balaban J connectivity index is 0. The maximum atomic E-state index is 0. The van der Waals surface area contributed by atoms with E-state index in [4.69, 9.17) is 0 Å². The molecule has 0 atom stereocenters. The van der Waals surface area contributed by atoms with Gasteiger partial charge in [0, 0.05) is 0 Å². The summed E-state index contributed by atoms with van der Waals surface area (Å²) in [5.41, 5.74) is 0. The zero-order chi connectivity index (χ0) is 0. The number of hydrogen-bond donors (Lipinski definition) is 0. The molecule has 0 aromatic heterocycles. The first-order valence-electron chi connectivity index (χ1n) is 0. The molecule has 4 heteroatoms. The molecule has 0 bridgehead atoms. The Hall–Kier alpha value is 5.51. The van der Waals surface area contributed by atoms with E-state index in [9.17, 15) is 0 Å². The minimum absolute atomic E-state index is 0. The summed E-state index contributed by atoms with van der Waals surface area (Å²) in [6, 6.07) is 0. The molecule has 0 N–H and O–H groups in total. The molecule has 0 saturated carbocycles. The van der Waals surface area contributed by atoms with E-state index in [0.29, 0.717) is 0 Å². The van der Waals surface area contributed by atoms with Gasteiger partial charge in [0.15, 0.2) is 0 Å². The van der Waals surface area contributed by atoms with E-state index in [2.05, 4.69) is 0 Å². The van der Waals surface area contributed by atoms with Crippen LogP contribution in [0.5, 0.6) is 0 Å². The molecule has 0 amide bonds. The molecule has 0 saturated heterocycles. The van der Waals surface area contributed by atoms with E-state index in [0.717, 1.165) is 0 Å². The predicted octanol–water partition coefficient (Wildman–Crippen LogP) is -11.0. The molecule has 0 heterocycles. The Morgan fingerprint density at radius 3 is 1.00 bits per heavy atom. The van der Waals surface area contributed by atoms with Crippen LogP contribution in [0, 0.1) is 0 Å². The Labute approximate surface area is 168 Å². The number of hydrogen-bond acceptors (Lipinski definition) is 0. The van der Waals surface area contributed by atoms with Crippen LogP contribution in [-0.4, -0.2) is 24.4 Å². The Morgan fingerprint density at radius 1 is 1.00 bits per heavy atom. The molecule has 0 fully saturated rings. The predicted molar refractivity (Wildman–Crippen MR) is 14.1 cm³/mol. The first kappa shape index (κ1) is 22.7. The molecular formula is H6CsKNaSb. The van der Waals surface area contributed by atoms with Crippen molar-refractivity contribution in [2.45, 2.75) is 0 Å². The fraction of sp³-hybridized carbons (Fsp3) is 0. The molecule has 14 valence electrons. The fourth-order valence-corrected chi connectivity index (χ4v) is 0. The molecule has 0 aliphatic carbocycles. The van der Waals surface area contributed by atoms with Crippen molar-refractivity contribution in [3.05, 3.63) is 0 Å². The normalized spacial score (nSPS) is 0. The van der Waals surface area contributed by atoms with Crippen LogP contribution < -0.4 is 150 Å². The van der Waals surface area contributed by atoms with Gasteiger partial charge in [0.1, 0.15) is 0 Å². The standard InChI is InChI=1S/Cs.K.Na.Sb.6H/q3*+1;-3;;;;;;. The van der Waals surface area contributed by atoms with Gasteiger partial charge in [0.2, 0.25) is 0 Å². The minimum atomic E-state index is 0. The summed E-state index contributed by atoms with van der Waals surface area (Å²) >= 11 is 0. The average Bonchev–Trinajstić information content (AvgIpc) is 0. The van der Waals surface area contributed by atoms with Gasteiger partial charge in [0.05, 0.1) is 0 Å². The van der Waals surface area contributed by atoms with Crippen molar-refractivity contribution < 1.29 is 150 Å². The summed E-state index contributed by atoms with van der Waals surface area (Å²) in [6.45, 7) is 0. The summed E-state index contributed by atoms with van der Waals surface area (Å²) in [7, 11) is 0. The van der Waals surface area contributed by atoms with Gasteiger partial charge in [-0.05, 0) is 0 Å². The van der Waals surface area contributed by atoms with E-state index >= 15 is 0 Å². The third-order valence-corrected chi connectivity index (χ3v) is 0. The third-order valence-electron chi connectivity index (χ3n) is 0.